The summed E-state index contributed by atoms with van der Waals surface area (Å²) in [6.45, 7) is 3.69. The van der Waals surface area contributed by atoms with Gasteiger partial charge >= 0.3 is 0 Å². The molecule has 3 N–H and O–H groups in total. The van der Waals surface area contributed by atoms with E-state index < -0.39 is 26.7 Å². The van der Waals surface area contributed by atoms with Gasteiger partial charge in [0.25, 0.3) is 16.0 Å². The molecule has 0 atom stereocenters. The molecule has 0 unspecified atom stereocenters. The summed E-state index contributed by atoms with van der Waals surface area (Å²) in [5.41, 5.74) is 0.552. The molecule has 12 heteroatoms. The van der Waals surface area contributed by atoms with E-state index in [1.54, 1.807) is 56.3 Å². The summed E-state index contributed by atoms with van der Waals surface area (Å²) in [5, 5.41) is 23.0. The fourth-order valence-electron chi connectivity index (χ4n) is 3.76. The fraction of sp³-hybridized carbons (Fsp3) is 0.115. The maximum atomic E-state index is 13.3. The SMILES string of the molecule is CCOc1c(Cl)cccc1NC(=O)c1cc2ccccc2c(N=Nc2cc(C)cc(S(=O)(=O)O)c2Cl)c1O. The number of halogens is 2. The Morgan fingerprint density at radius 1 is 1.05 bits per heavy atom. The number of aryl methyl sites for hydroxylation is 1. The van der Waals surface area contributed by atoms with Crippen molar-refractivity contribution in [2.45, 2.75) is 18.7 Å². The molecule has 4 rings (SSSR count). The molecule has 0 aliphatic rings. The number of rotatable bonds is 7. The Morgan fingerprint density at radius 2 is 1.79 bits per heavy atom. The third-order valence-electron chi connectivity index (χ3n) is 5.44. The highest BCUT2D eigenvalue weighted by Gasteiger charge is 2.22. The van der Waals surface area contributed by atoms with Crippen molar-refractivity contribution in [2.24, 2.45) is 10.2 Å². The van der Waals surface area contributed by atoms with E-state index in [4.69, 9.17) is 27.9 Å². The van der Waals surface area contributed by atoms with Crippen LogP contribution in [0.25, 0.3) is 10.8 Å². The van der Waals surface area contributed by atoms with Gasteiger partial charge < -0.3 is 15.2 Å². The summed E-state index contributed by atoms with van der Waals surface area (Å²) in [4.78, 5) is 12.7. The van der Waals surface area contributed by atoms with Crippen LogP contribution >= 0.6 is 23.2 Å². The van der Waals surface area contributed by atoms with Crippen LogP contribution in [0.2, 0.25) is 10.0 Å². The molecule has 0 aliphatic carbocycles. The molecule has 0 aromatic heterocycles. The number of phenolic OH excluding ortho intramolecular Hbond substituents is 1. The molecule has 0 radical (unpaired) electrons. The van der Waals surface area contributed by atoms with Crippen molar-refractivity contribution in [2.75, 3.05) is 11.9 Å². The minimum absolute atomic E-state index is 0.0460. The smallest absolute Gasteiger partial charge is 0.296 e. The quantitative estimate of drug-likeness (QED) is 0.155. The van der Waals surface area contributed by atoms with Gasteiger partial charge in [0.05, 0.1) is 27.9 Å². The Labute approximate surface area is 228 Å². The van der Waals surface area contributed by atoms with Crippen LogP contribution in [-0.4, -0.2) is 30.6 Å². The lowest BCUT2D eigenvalue weighted by Gasteiger charge is -2.14. The van der Waals surface area contributed by atoms with Gasteiger partial charge in [0.2, 0.25) is 0 Å². The lowest BCUT2D eigenvalue weighted by atomic mass is 10.0. The van der Waals surface area contributed by atoms with Gasteiger partial charge in [-0.1, -0.05) is 53.5 Å². The number of ether oxygens (including phenoxy) is 1. The molecule has 0 aliphatic heterocycles. The largest absolute Gasteiger partial charge is 0.505 e. The van der Waals surface area contributed by atoms with Crippen LogP contribution in [0.15, 0.2) is 75.8 Å². The number of hydrogen-bond acceptors (Lipinski definition) is 7. The zero-order chi connectivity index (χ0) is 27.6. The molecular formula is C26H21Cl2N3O6S. The van der Waals surface area contributed by atoms with Crippen LogP contribution in [0.3, 0.4) is 0 Å². The summed E-state index contributed by atoms with van der Waals surface area (Å²) in [5.74, 6) is -0.840. The minimum Gasteiger partial charge on any atom is -0.505 e. The van der Waals surface area contributed by atoms with E-state index in [-0.39, 0.29) is 27.7 Å². The highest BCUT2D eigenvalue weighted by Crippen LogP contribution is 2.42. The summed E-state index contributed by atoms with van der Waals surface area (Å²) in [7, 11) is -4.62. The minimum atomic E-state index is -4.62. The predicted molar refractivity (Wildman–Crippen MR) is 146 cm³/mol. The van der Waals surface area contributed by atoms with Crippen molar-refractivity contribution >= 4 is 67.1 Å². The number of nitrogens with one attached hydrogen (secondary N) is 1. The molecular weight excluding hydrogens is 553 g/mol. The average molecular weight is 574 g/mol. The molecule has 196 valence electrons. The van der Waals surface area contributed by atoms with Crippen LogP contribution in [0.4, 0.5) is 17.1 Å². The molecule has 0 bridgehead atoms. The van der Waals surface area contributed by atoms with Gasteiger partial charge in [-0.25, -0.2) is 0 Å². The Bertz CT molecular complexity index is 1710. The Kier molecular flexibility index (Phi) is 7.89. The zero-order valence-corrected chi connectivity index (χ0v) is 22.4. The molecule has 0 spiro atoms. The topological polar surface area (TPSA) is 138 Å². The third kappa shape index (κ3) is 5.58. The van der Waals surface area contributed by atoms with Crippen LogP contribution in [0.5, 0.6) is 11.5 Å². The first-order valence-electron chi connectivity index (χ1n) is 11.2. The van der Waals surface area contributed by atoms with Gasteiger partial charge in [0.15, 0.2) is 11.5 Å². The predicted octanol–water partition coefficient (Wildman–Crippen LogP) is 7.47. The van der Waals surface area contributed by atoms with Crippen molar-refractivity contribution in [1.82, 2.24) is 0 Å². The maximum absolute atomic E-state index is 13.3. The van der Waals surface area contributed by atoms with E-state index in [1.165, 1.54) is 18.2 Å². The number of fused-ring (bicyclic) bond motifs is 1. The highest BCUT2D eigenvalue weighted by atomic mass is 35.5. The van der Waals surface area contributed by atoms with Gasteiger partial charge in [-0.05, 0) is 55.1 Å². The molecule has 0 heterocycles. The highest BCUT2D eigenvalue weighted by molar-refractivity contribution is 7.86. The molecule has 4 aromatic carbocycles. The normalized spacial score (nSPS) is 11.7. The van der Waals surface area contributed by atoms with Gasteiger partial charge in [0, 0.05) is 5.39 Å². The number of anilines is 1. The van der Waals surface area contributed by atoms with Gasteiger partial charge in [-0.2, -0.15) is 8.42 Å². The number of benzene rings is 4. The van der Waals surface area contributed by atoms with Crippen LogP contribution < -0.4 is 10.1 Å². The van der Waals surface area contributed by atoms with Crippen molar-refractivity contribution < 1.29 is 27.6 Å². The van der Waals surface area contributed by atoms with E-state index in [0.29, 0.717) is 33.7 Å². The summed E-state index contributed by atoms with van der Waals surface area (Å²) >= 11 is 12.4. The number of hydrogen-bond donors (Lipinski definition) is 3. The number of carbonyl (C=O) groups is 1. The number of carbonyl (C=O) groups excluding carboxylic acids is 1. The number of aromatic hydroxyl groups is 1. The molecule has 38 heavy (non-hydrogen) atoms. The Hall–Kier alpha value is -3.70. The molecule has 4 aromatic rings. The van der Waals surface area contributed by atoms with Crippen molar-refractivity contribution in [3.05, 3.63) is 81.8 Å². The summed E-state index contributed by atoms with van der Waals surface area (Å²) in [6, 6.07) is 15.9. The first-order chi connectivity index (χ1) is 18.0. The van der Waals surface area contributed by atoms with Gasteiger partial charge in [-0.3, -0.25) is 9.35 Å². The third-order valence-corrected chi connectivity index (χ3v) is 7.13. The monoisotopic (exact) mass is 573 g/mol. The summed E-state index contributed by atoms with van der Waals surface area (Å²) < 4.78 is 38.5. The Balaban J connectivity index is 1.82. The lowest BCUT2D eigenvalue weighted by molar-refractivity contribution is 0.102. The molecule has 1 amide bonds. The van der Waals surface area contributed by atoms with Crippen molar-refractivity contribution in [1.29, 1.82) is 0 Å². The average Bonchev–Trinajstić information content (AvgIpc) is 2.86. The van der Waals surface area contributed by atoms with Crippen molar-refractivity contribution in [3.8, 4) is 11.5 Å². The number of phenols is 1. The van der Waals surface area contributed by atoms with Crippen molar-refractivity contribution in [3.63, 3.8) is 0 Å². The first kappa shape index (κ1) is 27.3. The summed E-state index contributed by atoms with van der Waals surface area (Å²) in [6.07, 6.45) is 0. The van der Waals surface area contributed by atoms with E-state index in [9.17, 15) is 22.9 Å². The number of amides is 1. The van der Waals surface area contributed by atoms with Gasteiger partial charge in [0.1, 0.15) is 16.3 Å². The van der Waals surface area contributed by atoms with Crippen LogP contribution in [0.1, 0.15) is 22.8 Å². The maximum Gasteiger partial charge on any atom is 0.296 e. The second-order valence-corrected chi connectivity index (χ2v) is 10.3. The lowest BCUT2D eigenvalue weighted by Crippen LogP contribution is -2.13. The Morgan fingerprint density at radius 3 is 2.50 bits per heavy atom. The number of para-hydroxylation sites is 1. The molecule has 9 nitrogen and oxygen atoms in total. The molecule has 0 fully saturated rings. The van der Waals surface area contributed by atoms with Crippen LogP contribution in [-0.2, 0) is 10.1 Å². The van der Waals surface area contributed by atoms with E-state index in [2.05, 4.69) is 15.5 Å². The number of nitrogens with zero attached hydrogens (tertiary/aromatic N) is 2. The van der Waals surface area contributed by atoms with Crippen LogP contribution in [0, 0.1) is 6.92 Å². The van der Waals surface area contributed by atoms with Gasteiger partial charge in [-0.15, -0.1) is 10.2 Å². The second kappa shape index (κ2) is 11.0. The van der Waals surface area contributed by atoms with E-state index in [0.717, 1.165) is 0 Å². The van der Waals surface area contributed by atoms with E-state index >= 15 is 0 Å². The molecule has 0 saturated heterocycles. The first-order valence-corrected chi connectivity index (χ1v) is 13.4. The zero-order valence-electron chi connectivity index (χ0n) is 20.1. The fourth-order valence-corrected chi connectivity index (χ4v) is 5.10. The second-order valence-electron chi connectivity index (χ2n) is 8.12. The number of azo groups is 1. The molecule has 0 saturated carbocycles. The van der Waals surface area contributed by atoms with E-state index in [1.807, 2.05) is 0 Å². The standard InChI is InChI=1S/C26H21Cl2N3O6S/c1-3-37-25-18(27)9-6-10-19(25)29-26(33)17-13-15-7-4-5-8-16(15)23(24(17)32)31-30-20-11-14(2)12-21(22(20)28)38(34,35)36/h4-13,32H,3H2,1-2H3,(H,29,33)(H,34,35,36).